The van der Waals surface area contributed by atoms with Gasteiger partial charge in [-0.05, 0) is 18.2 Å². The quantitative estimate of drug-likeness (QED) is 0.698. The topological polar surface area (TPSA) is 67.5 Å². The number of halogens is 1. The molecule has 1 fully saturated rings. The van der Waals surface area contributed by atoms with Crippen molar-refractivity contribution in [2.24, 2.45) is 0 Å². The van der Waals surface area contributed by atoms with Gasteiger partial charge in [0, 0.05) is 38.3 Å². The second kappa shape index (κ2) is 4.89. The van der Waals surface area contributed by atoms with Crippen LogP contribution in [0.5, 0.6) is 0 Å². The van der Waals surface area contributed by atoms with E-state index in [0.717, 1.165) is 0 Å². The Morgan fingerprint density at radius 2 is 2.12 bits per heavy atom. The summed E-state index contributed by atoms with van der Waals surface area (Å²) in [6, 6.07) is 4.46. The fraction of sp³-hybridized carbons (Fsp3) is 0.500. The molecule has 0 aliphatic carbocycles. The molecule has 0 bridgehead atoms. The van der Waals surface area contributed by atoms with Gasteiger partial charge in [-0.15, -0.1) is 0 Å². The van der Waals surface area contributed by atoms with Gasteiger partial charge in [-0.1, -0.05) is 0 Å². The number of nitrogens with one attached hydrogen (secondary N) is 1. The van der Waals surface area contributed by atoms with Crippen LogP contribution in [-0.4, -0.2) is 30.5 Å². The molecule has 0 spiro atoms. The smallest absolute Gasteiger partial charge is 0.148 e. The predicted molar refractivity (Wildman–Crippen MR) is 64.3 cm³/mol. The zero-order valence-electron chi connectivity index (χ0n) is 9.58. The van der Waals surface area contributed by atoms with Gasteiger partial charge in [-0.3, -0.25) is 0 Å². The fourth-order valence-corrected chi connectivity index (χ4v) is 1.86. The van der Waals surface area contributed by atoms with Gasteiger partial charge in [0.2, 0.25) is 0 Å². The number of benzene rings is 1. The minimum Gasteiger partial charge on any atom is -0.399 e. The molecule has 0 atom stereocenters. The third-order valence-electron chi connectivity index (χ3n) is 3.02. The van der Waals surface area contributed by atoms with Crippen molar-refractivity contribution in [3.63, 3.8) is 0 Å². The lowest BCUT2D eigenvalue weighted by Crippen LogP contribution is -2.42. The van der Waals surface area contributed by atoms with Crippen LogP contribution in [0.4, 0.5) is 15.8 Å². The van der Waals surface area contributed by atoms with Crippen molar-refractivity contribution in [1.82, 2.24) is 0 Å². The Bertz CT molecular complexity index is 392. The van der Waals surface area contributed by atoms with Crippen LogP contribution in [0.1, 0.15) is 12.8 Å². The summed E-state index contributed by atoms with van der Waals surface area (Å²) in [6.07, 6.45) is 1.13. The normalized spacial score (nSPS) is 18.9. The van der Waals surface area contributed by atoms with Gasteiger partial charge >= 0.3 is 0 Å². The van der Waals surface area contributed by atoms with E-state index in [9.17, 15) is 9.50 Å². The first-order valence-electron chi connectivity index (χ1n) is 5.68. The number of nitrogen functional groups attached to an aromatic ring is 1. The van der Waals surface area contributed by atoms with Gasteiger partial charge in [0.25, 0.3) is 0 Å². The van der Waals surface area contributed by atoms with Gasteiger partial charge in [0.15, 0.2) is 0 Å². The van der Waals surface area contributed by atoms with Crippen LogP contribution in [0.2, 0.25) is 0 Å². The first-order valence-corrected chi connectivity index (χ1v) is 5.68. The molecule has 4 nitrogen and oxygen atoms in total. The maximum Gasteiger partial charge on any atom is 0.148 e. The Balaban J connectivity index is 1.97. The Kier molecular flexibility index (Phi) is 3.49. The van der Waals surface area contributed by atoms with Gasteiger partial charge < -0.3 is 20.9 Å². The number of anilines is 2. The monoisotopic (exact) mass is 240 g/mol. The van der Waals surface area contributed by atoms with Crippen molar-refractivity contribution < 1.29 is 14.2 Å². The summed E-state index contributed by atoms with van der Waals surface area (Å²) in [6.45, 7) is 1.40. The molecule has 1 aromatic carbocycles. The van der Waals surface area contributed by atoms with E-state index < -0.39 is 11.4 Å². The highest BCUT2D eigenvalue weighted by molar-refractivity contribution is 5.52. The van der Waals surface area contributed by atoms with E-state index in [1.165, 1.54) is 6.07 Å². The predicted octanol–water partition coefficient (Wildman–Crippen LogP) is 1.36. The van der Waals surface area contributed by atoms with E-state index in [0.29, 0.717) is 44.0 Å². The molecule has 2 rings (SSSR count). The van der Waals surface area contributed by atoms with Crippen LogP contribution in [-0.2, 0) is 4.74 Å². The summed E-state index contributed by atoms with van der Waals surface area (Å²) in [7, 11) is 0. The molecule has 1 aromatic rings. The van der Waals surface area contributed by atoms with E-state index >= 15 is 0 Å². The van der Waals surface area contributed by atoms with Crippen molar-refractivity contribution >= 4 is 11.4 Å². The van der Waals surface area contributed by atoms with Gasteiger partial charge in [0.05, 0.1) is 11.3 Å². The zero-order chi connectivity index (χ0) is 12.3. The first-order chi connectivity index (χ1) is 8.09. The lowest BCUT2D eigenvalue weighted by molar-refractivity contribution is -0.0543. The molecule has 94 valence electrons. The summed E-state index contributed by atoms with van der Waals surface area (Å²) in [4.78, 5) is 0. The highest BCUT2D eigenvalue weighted by Crippen LogP contribution is 2.23. The molecular formula is C12H17FN2O2. The average molecular weight is 240 g/mol. The second-order valence-corrected chi connectivity index (χ2v) is 4.43. The molecule has 0 saturated carbocycles. The average Bonchev–Trinajstić information content (AvgIpc) is 2.29. The standard InChI is InChI=1S/C12H17FN2O2/c13-10-7-9(14)1-2-11(10)15-8-12(16)3-5-17-6-4-12/h1-2,7,15-16H,3-6,8,14H2. The molecule has 0 amide bonds. The van der Waals surface area contributed by atoms with Crippen LogP contribution < -0.4 is 11.1 Å². The summed E-state index contributed by atoms with van der Waals surface area (Å²) < 4.78 is 18.7. The Morgan fingerprint density at radius 3 is 2.76 bits per heavy atom. The molecular weight excluding hydrogens is 223 g/mol. The van der Waals surface area contributed by atoms with E-state index in [2.05, 4.69) is 5.32 Å². The van der Waals surface area contributed by atoms with Gasteiger partial charge in [0.1, 0.15) is 5.82 Å². The Hall–Kier alpha value is -1.33. The lowest BCUT2D eigenvalue weighted by Gasteiger charge is -2.32. The first kappa shape index (κ1) is 12.1. The second-order valence-electron chi connectivity index (χ2n) is 4.43. The fourth-order valence-electron chi connectivity index (χ4n) is 1.86. The van der Waals surface area contributed by atoms with Crippen molar-refractivity contribution in [2.75, 3.05) is 30.8 Å². The number of ether oxygens (including phenoxy) is 1. The van der Waals surface area contributed by atoms with E-state index in [1.807, 2.05) is 0 Å². The minimum absolute atomic E-state index is 0.317. The highest BCUT2D eigenvalue weighted by Gasteiger charge is 2.29. The van der Waals surface area contributed by atoms with Crippen molar-refractivity contribution in [3.05, 3.63) is 24.0 Å². The lowest BCUT2D eigenvalue weighted by atomic mass is 9.94. The number of rotatable bonds is 3. The van der Waals surface area contributed by atoms with Crippen molar-refractivity contribution in [1.29, 1.82) is 0 Å². The van der Waals surface area contributed by atoms with Crippen LogP contribution in [0.25, 0.3) is 0 Å². The van der Waals surface area contributed by atoms with E-state index in [4.69, 9.17) is 10.5 Å². The third kappa shape index (κ3) is 3.08. The molecule has 4 N–H and O–H groups in total. The van der Waals surface area contributed by atoms with E-state index in [-0.39, 0.29) is 0 Å². The molecule has 1 aliphatic rings. The third-order valence-corrected chi connectivity index (χ3v) is 3.02. The molecule has 0 unspecified atom stereocenters. The number of aliphatic hydroxyl groups is 1. The molecule has 0 radical (unpaired) electrons. The summed E-state index contributed by atoms with van der Waals surface area (Å²) in [5.41, 5.74) is 5.39. The number of hydrogen-bond acceptors (Lipinski definition) is 4. The van der Waals surface area contributed by atoms with Crippen LogP contribution in [0.3, 0.4) is 0 Å². The van der Waals surface area contributed by atoms with Crippen molar-refractivity contribution in [2.45, 2.75) is 18.4 Å². The summed E-state index contributed by atoms with van der Waals surface area (Å²) in [5, 5.41) is 13.1. The molecule has 1 aliphatic heterocycles. The number of hydrogen-bond donors (Lipinski definition) is 3. The molecule has 5 heteroatoms. The maximum absolute atomic E-state index is 13.5. The molecule has 0 aromatic heterocycles. The molecule has 17 heavy (non-hydrogen) atoms. The Morgan fingerprint density at radius 1 is 1.41 bits per heavy atom. The summed E-state index contributed by atoms with van der Waals surface area (Å²) in [5.74, 6) is -0.402. The SMILES string of the molecule is Nc1ccc(NCC2(O)CCOCC2)c(F)c1. The molecule has 1 heterocycles. The van der Waals surface area contributed by atoms with Crippen molar-refractivity contribution in [3.8, 4) is 0 Å². The van der Waals surface area contributed by atoms with Crippen LogP contribution in [0, 0.1) is 5.82 Å². The minimum atomic E-state index is -0.813. The highest BCUT2D eigenvalue weighted by atomic mass is 19.1. The summed E-state index contributed by atoms with van der Waals surface area (Å²) >= 11 is 0. The van der Waals surface area contributed by atoms with Gasteiger partial charge in [-0.2, -0.15) is 0 Å². The molecule has 1 saturated heterocycles. The zero-order valence-corrected chi connectivity index (χ0v) is 9.58. The van der Waals surface area contributed by atoms with Crippen LogP contribution in [0.15, 0.2) is 18.2 Å². The maximum atomic E-state index is 13.5. The number of nitrogens with two attached hydrogens (primary N) is 1. The largest absolute Gasteiger partial charge is 0.399 e. The van der Waals surface area contributed by atoms with Crippen LogP contribution >= 0.6 is 0 Å². The van der Waals surface area contributed by atoms with Gasteiger partial charge in [-0.25, -0.2) is 4.39 Å². The Labute approximate surface area is 99.6 Å². The van der Waals surface area contributed by atoms with E-state index in [1.54, 1.807) is 12.1 Å².